The Morgan fingerprint density at radius 3 is 2.80 bits per heavy atom. The third-order valence-corrected chi connectivity index (χ3v) is 4.93. The quantitative estimate of drug-likeness (QED) is 0.916. The largest absolute Gasteiger partial charge is 0.340 e. The normalized spacial score (nSPS) is 28.4. The molecule has 0 aromatic heterocycles. The van der Waals surface area contributed by atoms with E-state index in [9.17, 15) is 4.79 Å². The summed E-state index contributed by atoms with van der Waals surface area (Å²) >= 11 is 0. The number of amides is 1. The van der Waals surface area contributed by atoms with Gasteiger partial charge in [0, 0.05) is 13.6 Å². The second kappa shape index (κ2) is 5.57. The Morgan fingerprint density at radius 2 is 2.05 bits per heavy atom. The summed E-state index contributed by atoms with van der Waals surface area (Å²) in [4.78, 5) is 14.5. The zero-order valence-electron chi connectivity index (χ0n) is 12.4. The maximum Gasteiger partial charge on any atom is 0.240 e. The summed E-state index contributed by atoms with van der Waals surface area (Å²) in [7, 11) is 1.92. The van der Waals surface area contributed by atoms with Gasteiger partial charge < -0.3 is 10.2 Å². The summed E-state index contributed by atoms with van der Waals surface area (Å²) < 4.78 is 0. The van der Waals surface area contributed by atoms with Crippen molar-refractivity contribution in [3.63, 3.8) is 0 Å². The molecular formula is C17H24N2O. The molecule has 3 unspecified atom stereocenters. The van der Waals surface area contributed by atoms with Crippen molar-refractivity contribution in [2.75, 3.05) is 13.6 Å². The van der Waals surface area contributed by atoms with Crippen molar-refractivity contribution in [1.82, 2.24) is 10.2 Å². The smallest absolute Gasteiger partial charge is 0.240 e. The van der Waals surface area contributed by atoms with Crippen LogP contribution in [-0.2, 0) is 11.3 Å². The Balaban J connectivity index is 1.63. The van der Waals surface area contributed by atoms with Crippen LogP contribution < -0.4 is 5.32 Å². The minimum absolute atomic E-state index is 0.0537. The minimum atomic E-state index is 0.0537. The van der Waals surface area contributed by atoms with Crippen LogP contribution in [-0.4, -0.2) is 30.4 Å². The number of likely N-dealkylation sites (N-methyl/N-ethyl adjacent to an activating group) is 1. The van der Waals surface area contributed by atoms with E-state index in [1.165, 1.54) is 30.4 Å². The Hall–Kier alpha value is -1.35. The average Bonchev–Trinajstić information content (AvgIpc) is 3.03. The van der Waals surface area contributed by atoms with Crippen LogP contribution in [0.5, 0.6) is 0 Å². The molecule has 108 valence electrons. The summed E-state index contributed by atoms with van der Waals surface area (Å²) in [6, 6.07) is 8.49. The van der Waals surface area contributed by atoms with Crippen molar-refractivity contribution in [3.05, 3.63) is 35.4 Å². The molecule has 1 saturated carbocycles. The van der Waals surface area contributed by atoms with E-state index in [-0.39, 0.29) is 11.9 Å². The summed E-state index contributed by atoms with van der Waals surface area (Å²) in [5.74, 6) is 1.57. The van der Waals surface area contributed by atoms with Crippen molar-refractivity contribution in [2.45, 2.75) is 38.8 Å². The first-order chi connectivity index (χ1) is 9.65. The van der Waals surface area contributed by atoms with E-state index in [2.05, 4.69) is 36.5 Å². The van der Waals surface area contributed by atoms with Crippen LogP contribution in [0.15, 0.2) is 24.3 Å². The van der Waals surface area contributed by atoms with Gasteiger partial charge in [0.05, 0.1) is 6.04 Å². The minimum Gasteiger partial charge on any atom is -0.340 e. The number of rotatable bonds is 3. The lowest BCUT2D eigenvalue weighted by Gasteiger charge is -2.24. The van der Waals surface area contributed by atoms with E-state index in [0.717, 1.165) is 12.5 Å². The van der Waals surface area contributed by atoms with Crippen LogP contribution >= 0.6 is 0 Å². The number of nitrogens with zero attached hydrogens (tertiary/aromatic N) is 1. The van der Waals surface area contributed by atoms with Crippen LogP contribution in [0.3, 0.4) is 0 Å². The van der Waals surface area contributed by atoms with Crippen LogP contribution in [0.1, 0.15) is 30.4 Å². The zero-order valence-corrected chi connectivity index (χ0v) is 12.4. The summed E-state index contributed by atoms with van der Waals surface area (Å²) in [5.41, 5.74) is 2.46. The molecule has 1 aliphatic heterocycles. The number of carbonyl (C=O) groups excluding carboxylic acids is 1. The number of benzene rings is 1. The molecule has 1 heterocycles. The molecule has 0 spiro atoms. The molecule has 1 amide bonds. The fourth-order valence-corrected chi connectivity index (χ4v) is 3.74. The van der Waals surface area contributed by atoms with Gasteiger partial charge in [0.15, 0.2) is 0 Å². The first-order valence-corrected chi connectivity index (χ1v) is 7.69. The van der Waals surface area contributed by atoms with Gasteiger partial charge in [-0.25, -0.2) is 0 Å². The summed E-state index contributed by atoms with van der Waals surface area (Å²) in [5, 5.41) is 3.44. The SMILES string of the molecule is Cc1ccc(CN(C)C(=O)C2NCC3CCCC32)cc1. The van der Waals surface area contributed by atoms with E-state index in [0.29, 0.717) is 12.5 Å². The lowest BCUT2D eigenvalue weighted by Crippen LogP contribution is -2.44. The Morgan fingerprint density at radius 1 is 1.30 bits per heavy atom. The van der Waals surface area contributed by atoms with Gasteiger partial charge in [-0.05, 0) is 43.7 Å². The van der Waals surface area contributed by atoms with E-state index >= 15 is 0 Å². The number of fused-ring (bicyclic) bond motifs is 1. The number of hydrogen-bond donors (Lipinski definition) is 1. The van der Waals surface area contributed by atoms with Crippen molar-refractivity contribution in [2.24, 2.45) is 11.8 Å². The number of aryl methyl sites for hydroxylation is 1. The van der Waals surface area contributed by atoms with Gasteiger partial charge in [-0.15, -0.1) is 0 Å². The van der Waals surface area contributed by atoms with Crippen molar-refractivity contribution >= 4 is 5.91 Å². The Kier molecular flexibility index (Phi) is 3.79. The molecule has 2 fully saturated rings. The molecule has 1 aromatic rings. The van der Waals surface area contributed by atoms with Gasteiger partial charge in [0.25, 0.3) is 0 Å². The molecule has 20 heavy (non-hydrogen) atoms. The number of hydrogen-bond acceptors (Lipinski definition) is 2. The highest BCUT2D eigenvalue weighted by Crippen LogP contribution is 2.38. The van der Waals surface area contributed by atoms with Gasteiger partial charge in [-0.3, -0.25) is 4.79 Å². The third kappa shape index (κ3) is 2.59. The standard InChI is InChI=1S/C17H24N2O/c1-12-6-8-13(9-7-12)11-19(2)17(20)16-15-5-3-4-14(15)10-18-16/h6-9,14-16,18H,3-5,10-11H2,1-2H3. The zero-order chi connectivity index (χ0) is 14.1. The number of nitrogens with one attached hydrogen (secondary N) is 1. The molecule has 1 aromatic carbocycles. The predicted molar refractivity (Wildman–Crippen MR) is 80.3 cm³/mol. The van der Waals surface area contributed by atoms with E-state index in [1.54, 1.807) is 0 Å². The fourth-order valence-electron chi connectivity index (χ4n) is 3.74. The fraction of sp³-hybridized carbons (Fsp3) is 0.588. The van der Waals surface area contributed by atoms with E-state index in [4.69, 9.17) is 0 Å². The molecule has 1 saturated heterocycles. The molecule has 3 heteroatoms. The maximum absolute atomic E-state index is 12.6. The highest BCUT2D eigenvalue weighted by molar-refractivity contribution is 5.82. The second-order valence-electron chi connectivity index (χ2n) is 6.42. The topological polar surface area (TPSA) is 32.3 Å². The molecule has 3 rings (SSSR count). The van der Waals surface area contributed by atoms with Crippen LogP contribution in [0.2, 0.25) is 0 Å². The van der Waals surface area contributed by atoms with Gasteiger partial charge in [0.1, 0.15) is 0 Å². The molecule has 0 bridgehead atoms. The van der Waals surface area contributed by atoms with Crippen LogP contribution in [0, 0.1) is 18.8 Å². The van der Waals surface area contributed by atoms with Crippen LogP contribution in [0.4, 0.5) is 0 Å². The first-order valence-electron chi connectivity index (χ1n) is 7.69. The van der Waals surface area contributed by atoms with Gasteiger partial charge in [0.2, 0.25) is 5.91 Å². The van der Waals surface area contributed by atoms with Crippen molar-refractivity contribution in [3.8, 4) is 0 Å². The molecule has 3 nitrogen and oxygen atoms in total. The predicted octanol–water partition coefficient (Wildman–Crippen LogP) is 2.34. The monoisotopic (exact) mass is 272 g/mol. The van der Waals surface area contributed by atoms with Crippen molar-refractivity contribution in [1.29, 1.82) is 0 Å². The molecule has 1 aliphatic carbocycles. The average molecular weight is 272 g/mol. The molecule has 1 N–H and O–H groups in total. The Bertz CT molecular complexity index is 482. The lowest BCUT2D eigenvalue weighted by molar-refractivity contribution is -0.133. The molecule has 0 radical (unpaired) electrons. The first kappa shape index (κ1) is 13.6. The van der Waals surface area contributed by atoms with Crippen molar-refractivity contribution < 1.29 is 4.79 Å². The highest BCUT2D eigenvalue weighted by Gasteiger charge is 2.43. The summed E-state index contributed by atoms with van der Waals surface area (Å²) in [6.07, 6.45) is 3.80. The molecular weight excluding hydrogens is 248 g/mol. The molecule has 3 atom stereocenters. The summed E-state index contributed by atoms with van der Waals surface area (Å²) in [6.45, 7) is 3.81. The van der Waals surface area contributed by atoms with Gasteiger partial charge in [-0.1, -0.05) is 36.2 Å². The lowest BCUT2D eigenvalue weighted by atomic mass is 9.93. The third-order valence-electron chi connectivity index (χ3n) is 4.93. The van der Waals surface area contributed by atoms with E-state index in [1.807, 2.05) is 11.9 Å². The molecule has 2 aliphatic rings. The maximum atomic E-state index is 12.6. The van der Waals surface area contributed by atoms with E-state index < -0.39 is 0 Å². The Labute approximate surface area is 121 Å². The van der Waals surface area contributed by atoms with Gasteiger partial charge >= 0.3 is 0 Å². The second-order valence-corrected chi connectivity index (χ2v) is 6.42. The van der Waals surface area contributed by atoms with Gasteiger partial charge in [-0.2, -0.15) is 0 Å². The highest BCUT2D eigenvalue weighted by atomic mass is 16.2. The van der Waals surface area contributed by atoms with Crippen LogP contribution in [0.25, 0.3) is 0 Å². The number of carbonyl (C=O) groups is 1.